The highest BCUT2D eigenvalue weighted by Crippen LogP contribution is 2.32. The fourth-order valence-electron chi connectivity index (χ4n) is 2.04. The molecule has 2 aromatic rings. The normalized spacial score (nSPS) is 10.4. The number of nitrogens with zero attached hydrogens (tertiary/aromatic N) is 1. The number of benzene rings is 1. The van der Waals surface area contributed by atoms with Gasteiger partial charge < -0.3 is 15.2 Å². The number of halogens is 1. The Kier molecular flexibility index (Phi) is 6.02. The van der Waals surface area contributed by atoms with Gasteiger partial charge in [-0.05, 0) is 53.5 Å². The van der Waals surface area contributed by atoms with Gasteiger partial charge in [-0.25, -0.2) is 0 Å². The van der Waals surface area contributed by atoms with Crippen LogP contribution in [0.3, 0.4) is 0 Å². The van der Waals surface area contributed by atoms with Gasteiger partial charge in [-0.15, -0.1) is 0 Å². The zero-order chi connectivity index (χ0) is 15.1. The summed E-state index contributed by atoms with van der Waals surface area (Å²) in [6, 6.07) is 7.88. The van der Waals surface area contributed by atoms with Gasteiger partial charge in [0.15, 0.2) is 11.5 Å². The molecule has 0 atom stereocenters. The second-order valence-electron chi connectivity index (χ2n) is 4.52. The molecular formula is C16H19BrN2O2. The van der Waals surface area contributed by atoms with Crippen molar-refractivity contribution in [1.29, 1.82) is 0 Å². The van der Waals surface area contributed by atoms with Crippen LogP contribution in [0, 0.1) is 0 Å². The van der Waals surface area contributed by atoms with E-state index in [9.17, 15) is 0 Å². The van der Waals surface area contributed by atoms with Crippen molar-refractivity contribution in [3.8, 4) is 11.5 Å². The third-order valence-electron chi connectivity index (χ3n) is 2.92. The van der Waals surface area contributed by atoms with E-state index < -0.39 is 0 Å². The fraction of sp³-hybridized carbons (Fsp3) is 0.312. The smallest absolute Gasteiger partial charge is 0.164 e. The van der Waals surface area contributed by atoms with E-state index in [1.54, 1.807) is 12.4 Å². The first-order chi connectivity index (χ1) is 10.2. The summed E-state index contributed by atoms with van der Waals surface area (Å²) in [6.45, 7) is 3.57. The van der Waals surface area contributed by atoms with Crippen LogP contribution in [0.4, 0.5) is 0 Å². The summed E-state index contributed by atoms with van der Waals surface area (Å²) in [5.41, 5.74) is 7.72. The number of hydrogen-bond acceptors (Lipinski definition) is 4. The molecule has 21 heavy (non-hydrogen) atoms. The van der Waals surface area contributed by atoms with Gasteiger partial charge in [-0.1, -0.05) is 12.1 Å². The van der Waals surface area contributed by atoms with Gasteiger partial charge in [0.1, 0.15) is 6.61 Å². The number of rotatable bonds is 7. The van der Waals surface area contributed by atoms with Crippen LogP contribution in [0.15, 0.2) is 41.1 Å². The second-order valence-corrected chi connectivity index (χ2v) is 5.43. The lowest BCUT2D eigenvalue weighted by molar-refractivity contribution is 0.266. The van der Waals surface area contributed by atoms with Crippen molar-refractivity contribution in [2.45, 2.75) is 20.0 Å². The molecule has 1 aromatic carbocycles. The molecule has 2 N–H and O–H groups in total. The highest BCUT2D eigenvalue weighted by Gasteiger charge is 2.11. The lowest BCUT2D eigenvalue weighted by Gasteiger charge is -2.15. The molecule has 0 aliphatic heterocycles. The van der Waals surface area contributed by atoms with Crippen LogP contribution < -0.4 is 15.2 Å². The van der Waals surface area contributed by atoms with Gasteiger partial charge in [-0.2, -0.15) is 0 Å². The molecule has 0 aliphatic rings. The quantitative estimate of drug-likeness (QED) is 0.831. The maximum Gasteiger partial charge on any atom is 0.164 e. The average Bonchev–Trinajstić information content (AvgIpc) is 2.47. The molecule has 0 radical (unpaired) electrons. The van der Waals surface area contributed by atoms with Crippen LogP contribution in [-0.2, 0) is 13.0 Å². The SMILES string of the molecule is CCOc1cccc(CCN)c1OCc1cncc(Br)c1. The minimum atomic E-state index is 0.439. The summed E-state index contributed by atoms with van der Waals surface area (Å²) >= 11 is 3.41. The first-order valence-corrected chi connectivity index (χ1v) is 7.71. The minimum absolute atomic E-state index is 0.439. The van der Waals surface area contributed by atoms with E-state index in [2.05, 4.69) is 20.9 Å². The third kappa shape index (κ3) is 4.44. The predicted molar refractivity (Wildman–Crippen MR) is 86.6 cm³/mol. The maximum absolute atomic E-state index is 5.97. The van der Waals surface area contributed by atoms with E-state index in [1.165, 1.54) is 0 Å². The largest absolute Gasteiger partial charge is 0.490 e. The van der Waals surface area contributed by atoms with Crippen molar-refractivity contribution >= 4 is 15.9 Å². The molecule has 0 spiro atoms. The number of pyridine rings is 1. The molecule has 1 heterocycles. The molecule has 0 fully saturated rings. The molecule has 0 aliphatic carbocycles. The molecule has 2 rings (SSSR count). The Labute approximate surface area is 133 Å². The van der Waals surface area contributed by atoms with Crippen molar-refractivity contribution in [2.24, 2.45) is 5.73 Å². The van der Waals surface area contributed by atoms with Gasteiger partial charge in [0, 0.05) is 22.4 Å². The minimum Gasteiger partial charge on any atom is -0.490 e. The number of ether oxygens (including phenoxy) is 2. The Morgan fingerprint density at radius 1 is 1.24 bits per heavy atom. The summed E-state index contributed by atoms with van der Waals surface area (Å²) in [4.78, 5) is 4.14. The van der Waals surface area contributed by atoms with E-state index in [1.807, 2.05) is 31.2 Å². The van der Waals surface area contributed by atoms with Crippen LogP contribution in [-0.4, -0.2) is 18.1 Å². The molecule has 0 saturated heterocycles. The van der Waals surface area contributed by atoms with Crippen molar-refractivity contribution in [3.63, 3.8) is 0 Å². The molecular weight excluding hydrogens is 332 g/mol. The Bertz CT molecular complexity index is 566. The molecule has 0 amide bonds. The summed E-state index contributed by atoms with van der Waals surface area (Å²) in [6.07, 6.45) is 4.29. The average molecular weight is 351 g/mol. The summed E-state index contributed by atoms with van der Waals surface area (Å²) in [7, 11) is 0. The highest BCUT2D eigenvalue weighted by molar-refractivity contribution is 9.10. The van der Waals surface area contributed by atoms with Crippen molar-refractivity contribution in [2.75, 3.05) is 13.2 Å². The summed E-state index contributed by atoms with van der Waals surface area (Å²) < 4.78 is 12.6. The zero-order valence-electron chi connectivity index (χ0n) is 12.0. The van der Waals surface area contributed by atoms with Crippen LogP contribution in [0.2, 0.25) is 0 Å². The van der Waals surface area contributed by atoms with Crippen LogP contribution in [0.1, 0.15) is 18.1 Å². The van der Waals surface area contributed by atoms with E-state index in [0.29, 0.717) is 19.8 Å². The summed E-state index contributed by atoms with van der Waals surface area (Å²) in [5, 5.41) is 0. The van der Waals surface area contributed by atoms with Gasteiger partial charge >= 0.3 is 0 Å². The Balaban J connectivity index is 2.20. The lowest BCUT2D eigenvalue weighted by Crippen LogP contribution is -2.07. The van der Waals surface area contributed by atoms with Gasteiger partial charge in [0.25, 0.3) is 0 Å². The molecule has 5 heteroatoms. The molecule has 4 nitrogen and oxygen atoms in total. The van der Waals surface area contributed by atoms with E-state index >= 15 is 0 Å². The van der Waals surface area contributed by atoms with E-state index in [4.69, 9.17) is 15.2 Å². The third-order valence-corrected chi connectivity index (χ3v) is 3.35. The Hall–Kier alpha value is -1.59. The molecule has 0 saturated carbocycles. The van der Waals surface area contributed by atoms with Crippen molar-refractivity contribution in [1.82, 2.24) is 4.98 Å². The number of para-hydroxylation sites is 1. The second kappa shape index (κ2) is 8.00. The molecule has 0 unspecified atom stereocenters. The maximum atomic E-state index is 5.97. The fourth-order valence-corrected chi connectivity index (χ4v) is 2.45. The van der Waals surface area contributed by atoms with Crippen LogP contribution in [0.5, 0.6) is 11.5 Å². The van der Waals surface area contributed by atoms with Crippen molar-refractivity contribution in [3.05, 3.63) is 52.3 Å². The number of hydrogen-bond donors (Lipinski definition) is 1. The van der Waals surface area contributed by atoms with Crippen LogP contribution in [0.25, 0.3) is 0 Å². The highest BCUT2D eigenvalue weighted by atomic mass is 79.9. The summed E-state index contributed by atoms with van der Waals surface area (Å²) in [5.74, 6) is 1.52. The first-order valence-electron chi connectivity index (χ1n) is 6.91. The number of nitrogens with two attached hydrogens (primary N) is 1. The molecule has 112 valence electrons. The van der Waals surface area contributed by atoms with Crippen molar-refractivity contribution < 1.29 is 9.47 Å². The Morgan fingerprint density at radius 3 is 2.81 bits per heavy atom. The van der Waals surface area contributed by atoms with Gasteiger partial charge in [0.05, 0.1) is 6.61 Å². The molecule has 0 bridgehead atoms. The standard InChI is InChI=1S/C16H19BrN2O2/c1-2-20-15-5-3-4-13(6-7-18)16(15)21-11-12-8-14(17)10-19-9-12/h3-5,8-10H,2,6-7,11,18H2,1H3. The van der Waals surface area contributed by atoms with Gasteiger partial charge in [0.2, 0.25) is 0 Å². The number of aromatic nitrogens is 1. The molecule has 1 aromatic heterocycles. The van der Waals surface area contributed by atoms with E-state index in [-0.39, 0.29) is 0 Å². The van der Waals surface area contributed by atoms with Crippen LogP contribution >= 0.6 is 15.9 Å². The predicted octanol–water partition coefficient (Wildman–Crippen LogP) is 3.32. The first kappa shape index (κ1) is 15.8. The van der Waals surface area contributed by atoms with Gasteiger partial charge in [-0.3, -0.25) is 4.98 Å². The monoisotopic (exact) mass is 350 g/mol. The Morgan fingerprint density at radius 2 is 2.10 bits per heavy atom. The topological polar surface area (TPSA) is 57.4 Å². The lowest BCUT2D eigenvalue weighted by atomic mass is 10.1. The van der Waals surface area contributed by atoms with E-state index in [0.717, 1.165) is 33.5 Å². The zero-order valence-corrected chi connectivity index (χ0v) is 13.6.